The lowest BCUT2D eigenvalue weighted by atomic mass is 9.77. The lowest BCUT2D eigenvalue weighted by Crippen LogP contribution is -2.48. The molecular weight excluding hydrogens is 222 g/mol. The van der Waals surface area contributed by atoms with Crippen molar-refractivity contribution >= 4 is 27.4 Å². The van der Waals surface area contributed by atoms with Crippen LogP contribution in [0.3, 0.4) is 0 Å². The van der Waals surface area contributed by atoms with Gasteiger partial charge in [0.2, 0.25) is 0 Å². The molecule has 16 heavy (non-hydrogen) atoms. The summed E-state index contributed by atoms with van der Waals surface area (Å²) in [4.78, 5) is 9.45. The summed E-state index contributed by atoms with van der Waals surface area (Å²) in [7, 11) is 0. The molecule has 2 aromatic heterocycles. The van der Waals surface area contributed by atoms with Gasteiger partial charge in [-0.15, -0.1) is 11.3 Å². The smallest absolute Gasteiger partial charge is 0.138 e. The highest BCUT2D eigenvalue weighted by Gasteiger charge is 2.38. The third-order valence-electron chi connectivity index (χ3n) is 2.97. The molecule has 5 heteroatoms. The average molecular weight is 235 g/mol. The van der Waals surface area contributed by atoms with Gasteiger partial charge >= 0.3 is 0 Å². The van der Waals surface area contributed by atoms with Crippen LogP contribution in [0, 0.1) is 0 Å². The highest BCUT2D eigenvalue weighted by atomic mass is 32.1. The summed E-state index contributed by atoms with van der Waals surface area (Å²) in [5.41, 5.74) is -0.502. The van der Waals surface area contributed by atoms with Crippen molar-refractivity contribution in [3.63, 3.8) is 0 Å². The highest BCUT2D eigenvalue weighted by Crippen LogP contribution is 2.34. The van der Waals surface area contributed by atoms with Crippen LogP contribution in [-0.2, 0) is 0 Å². The zero-order valence-corrected chi connectivity index (χ0v) is 9.79. The molecule has 2 N–H and O–H groups in total. The van der Waals surface area contributed by atoms with Gasteiger partial charge in [-0.1, -0.05) is 0 Å². The Kier molecular flexibility index (Phi) is 2.12. The van der Waals surface area contributed by atoms with Crippen molar-refractivity contribution in [3.8, 4) is 0 Å². The van der Waals surface area contributed by atoms with Crippen LogP contribution in [0.15, 0.2) is 17.8 Å². The number of hydrogen-bond donors (Lipinski definition) is 2. The number of thiophene rings is 1. The predicted octanol–water partition coefficient (Wildman–Crippen LogP) is 2.02. The van der Waals surface area contributed by atoms with Crippen LogP contribution in [0.5, 0.6) is 0 Å². The van der Waals surface area contributed by atoms with E-state index in [1.807, 2.05) is 18.4 Å². The van der Waals surface area contributed by atoms with Crippen molar-refractivity contribution in [3.05, 3.63) is 17.8 Å². The molecule has 0 aromatic carbocycles. The molecule has 2 heterocycles. The van der Waals surface area contributed by atoms with Crippen LogP contribution in [0.25, 0.3) is 10.2 Å². The van der Waals surface area contributed by atoms with Crippen LogP contribution in [0.4, 0.5) is 5.82 Å². The quantitative estimate of drug-likeness (QED) is 0.836. The fraction of sp³-hybridized carbons (Fsp3) is 0.455. The standard InChI is InChI=1S/C11H13N3OS/c1-11(15)4-7(5-11)14-9-8-2-3-16-10(8)13-6-12-9/h2-3,6-7,15H,4-5H2,1H3,(H,12,13,14). The van der Waals surface area contributed by atoms with E-state index in [1.54, 1.807) is 17.7 Å². The molecule has 0 unspecified atom stereocenters. The Morgan fingerprint density at radius 1 is 1.50 bits per heavy atom. The average Bonchev–Trinajstić information content (AvgIpc) is 2.63. The summed E-state index contributed by atoms with van der Waals surface area (Å²) in [6.45, 7) is 1.87. The second-order valence-corrected chi connectivity index (χ2v) is 5.50. The first-order chi connectivity index (χ1) is 7.64. The number of hydrogen-bond acceptors (Lipinski definition) is 5. The normalized spacial score (nSPS) is 29.0. The van der Waals surface area contributed by atoms with E-state index in [1.165, 1.54) is 0 Å². The molecule has 0 radical (unpaired) electrons. The largest absolute Gasteiger partial charge is 0.390 e. The van der Waals surface area contributed by atoms with E-state index in [4.69, 9.17) is 0 Å². The van der Waals surface area contributed by atoms with Gasteiger partial charge in [-0.3, -0.25) is 0 Å². The Morgan fingerprint density at radius 3 is 3.06 bits per heavy atom. The molecule has 1 aliphatic rings. The third kappa shape index (κ3) is 1.66. The maximum Gasteiger partial charge on any atom is 0.138 e. The summed E-state index contributed by atoms with van der Waals surface area (Å²) in [6, 6.07) is 2.35. The minimum atomic E-state index is -0.502. The van der Waals surface area contributed by atoms with Gasteiger partial charge in [-0.2, -0.15) is 0 Å². The maximum absolute atomic E-state index is 9.66. The van der Waals surface area contributed by atoms with Crippen LogP contribution < -0.4 is 5.32 Å². The molecule has 84 valence electrons. The van der Waals surface area contributed by atoms with Gasteiger partial charge in [0.15, 0.2) is 0 Å². The van der Waals surface area contributed by atoms with Gasteiger partial charge in [0.05, 0.1) is 11.0 Å². The van der Waals surface area contributed by atoms with Crippen molar-refractivity contribution in [2.45, 2.75) is 31.4 Å². The van der Waals surface area contributed by atoms with Crippen LogP contribution in [0.2, 0.25) is 0 Å². The van der Waals surface area contributed by atoms with Gasteiger partial charge in [-0.05, 0) is 31.2 Å². The fourth-order valence-corrected chi connectivity index (χ4v) is 2.94. The topological polar surface area (TPSA) is 58.0 Å². The van der Waals surface area contributed by atoms with Crippen molar-refractivity contribution in [1.29, 1.82) is 0 Å². The van der Waals surface area contributed by atoms with Crippen molar-refractivity contribution in [1.82, 2.24) is 9.97 Å². The first kappa shape index (κ1) is 9.99. The Bertz CT molecular complexity index is 515. The zero-order valence-electron chi connectivity index (χ0n) is 8.97. The molecule has 4 nitrogen and oxygen atoms in total. The monoisotopic (exact) mass is 235 g/mol. The summed E-state index contributed by atoms with van der Waals surface area (Å²) in [5, 5.41) is 16.1. The first-order valence-electron chi connectivity index (χ1n) is 5.31. The molecule has 3 rings (SSSR count). The molecule has 2 aromatic rings. The summed E-state index contributed by atoms with van der Waals surface area (Å²) in [6.07, 6.45) is 3.14. The zero-order chi connectivity index (χ0) is 11.2. The number of rotatable bonds is 2. The number of anilines is 1. The Balaban J connectivity index is 1.82. The number of aromatic nitrogens is 2. The van der Waals surface area contributed by atoms with Gasteiger partial charge < -0.3 is 10.4 Å². The molecule has 0 bridgehead atoms. The van der Waals surface area contributed by atoms with Gasteiger partial charge in [0.1, 0.15) is 17.0 Å². The van der Waals surface area contributed by atoms with E-state index in [2.05, 4.69) is 15.3 Å². The number of nitrogens with zero attached hydrogens (tertiary/aromatic N) is 2. The van der Waals surface area contributed by atoms with Crippen molar-refractivity contribution in [2.24, 2.45) is 0 Å². The van der Waals surface area contributed by atoms with Crippen molar-refractivity contribution in [2.75, 3.05) is 5.32 Å². The van der Waals surface area contributed by atoms with Gasteiger partial charge in [-0.25, -0.2) is 9.97 Å². The number of aliphatic hydroxyl groups is 1. The van der Waals surface area contributed by atoms with Crippen LogP contribution in [0.1, 0.15) is 19.8 Å². The molecule has 0 saturated heterocycles. The highest BCUT2D eigenvalue weighted by molar-refractivity contribution is 7.16. The van der Waals surface area contributed by atoms with Crippen LogP contribution >= 0.6 is 11.3 Å². The minimum Gasteiger partial charge on any atom is -0.390 e. The first-order valence-corrected chi connectivity index (χ1v) is 6.19. The van der Waals surface area contributed by atoms with E-state index in [-0.39, 0.29) is 0 Å². The Morgan fingerprint density at radius 2 is 2.31 bits per heavy atom. The summed E-state index contributed by atoms with van der Waals surface area (Å²) < 4.78 is 0. The maximum atomic E-state index is 9.66. The molecule has 0 aliphatic heterocycles. The van der Waals surface area contributed by atoms with E-state index >= 15 is 0 Å². The molecular formula is C11H13N3OS. The van der Waals surface area contributed by atoms with Gasteiger partial charge in [0, 0.05) is 6.04 Å². The van der Waals surface area contributed by atoms with E-state index in [0.717, 1.165) is 28.9 Å². The molecule has 1 saturated carbocycles. The van der Waals surface area contributed by atoms with E-state index < -0.39 is 5.60 Å². The molecule has 0 amide bonds. The SMILES string of the molecule is CC1(O)CC(Nc2ncnc3sccc23)C1. The molecule has 1 fully saturated rings. The van der Waals surface area contributed by atoms with E-state index in [0.29, 0.717) is 6.04 Å². The second kappa shape index (κ2) is 3.40. The number of nitrogens with one attached hydrogen (secondary N) is 1. The Labute approximate surface area is 97.4 Å². The predicted molar refractivity (Wildman–Crippen MR) is 64.7 cm³/mol. The van der Waals surface area contributed by atoms with Crippen molar-refractivity contribution < 1.29 is 5.11 Å². The van der Waals surface area contributed by atoms with E-state index in [9.17, 15) is 5.11 Å². The lowest BCUT2D eigenvalue weighted by Gasteiger charge is -2.41. The summed E-state index contributed by atoms with van der Waals surface area (Å²) in [5.74, 6) is 0.881. The Hall–Kier alpha value is -1.20. The second-order valence-electron chi connectivity index (χ2n) is 4.61. The number of fused-ring (bicyclic) bond motifs is 1. The molecule has 0 spiro atoms. The summed E-state index contributed by atoms with van der Waals surface area (Å²) >= 11 is 1.61. The van der Waals surface area contributed by atoms with Crippen LogP contribution in [-0.4, -0.2) is 26.7 Å². The molecule has 0 atom stereocenters. The lowest BCUT2D eigenvalue weighted by molar-refractivity contribution is -0.0234. The minimum absolute atomic E-state index is 0.327. The van der Waals surface area contributed by atoms with Gasteiger partial charge in [0.25, 0.3) is 0 Å². The molecule has 1 aliphatic carbocycles. The fourth-order valence-electron chi connectivity index (χ4n) is 2.20. The third-order valence-corrected chi connectivity index (χ3v) is 3.80.